The van der Waals surface area contributed by atoms with Crippen molar-refractivity contribution >= 4 is 22.7 Å². The van der Waals surface area contributed by atoms with Crippen LogP contribution in [0.4, 0.5) is 0 Å². The van der Waals surface area contributed by atoms with Crippen molar-refractivity contribution in [2.45, 2.75) is 44.9 Å². The third-order valence-corrected chi connectivity index (χ3v) is 6.99. The predicted molar refractivity (Wildman–Crippen MR) is 109 cm³/mol. The normalized spacial score (nSPS) is 25.2. The van der Waals surface area contributed by atoms with E-state index in [2.05, 4.69) is 22.0 Å². The van der Waals surface area contributed by atoms with Crippen LogP contribution in [-0.4, -0.2) is 52.8 Å². The van der Waals surface area contributed by atoms with E-state index in [1.165, 1.54) is 23.8 Å². The number of hydrogen-bond donors (Lipinski definition) is 1. The Morgan fingerprint density at radius 2 is 2.04 bits per heavy atom. The number of carbonyl (C=O) groups is 2. The number of nitrogens with one attached hydrogen (secondary N) is 1. The smallest absolute Gasteiger partial charge is 0.230 e. The van der Waals surface area contributed by atoms with Crippen molar-refractivity contribution in [3.63, 3.8) is 0 Å². The number of benzene rings is 1. The van der Waals surface area contributed by atoms with Crippen LogP contribution in [0.5, 0.6) is 0 Å². The number of amides is 2. The lowest BCUT2D eigenvalue weighted by Gasteiger charge is -2.39. The maximum atomic E-state index is 13.2. The van der Waals surface area contributed by atoms with E-state index in [4.69, 9.17) is 0 Å². The summed E-state index contributed by atoms with van der Waals surface area (Å²) in [6.07, 6.45) is 8.68. The van der Waals surface area contributed by atoms with Gasteiger partial charge in [0.2, 0.25) is 11.8 Å². The molecule has 2 aromatic rings. The Bertz CT molecular complexity index is 900. The minimum Gasteiger partial charge on any atom is -0.361 e. The molecule has 1 atom stereocenters. The van der Waals surface area contributed by atoms with Gasteiger partial charge in [0.1, 0.15) is 0 Å². The summed E-state index contributed by atoms with van der Waals surface area (Å²) in [7, 11) is 0. The van der Waals surface area contributed by atoms with Gasteiger partial charge in [0.05, 0.1) is 5.41 Å². The molecule has 1 aromatic carbocycles. The molecule has 1 saturated carbocycles. The zero-order valence-electron chi connectivity index (χ0n) is 16.5. The molecule has 2 saturated heterocycles. The Labute approximate surface area is 166 Å². The Morgan fingerprint density at radius 3 is 2.89 bits per heavy atom. The van der Waals surface area contributed by atoms with E-state index < -0.39 is 0 Å². The van der Waals surface area contributed by atoms with Crippen molar-refractivity contribution in [2.24, 2.45) is 11.3 Å². The van der Waals surface area contributed by atoms with Crippen molar-refractivity contribution in [3.05, 3.63) is 36.0 Å². The Kier molecular flexibility index (Phi) is 4.41. The second-order valence-electron chi connectivity index (χ2n) is 9.00. The molecule has 1 spiro atoms. The lowest BCUT2D eigenvalue weighted by atomic mass is 9.78. The van der Waals surface area contributed by atoms with Gasteiger partial charge in [0.15, 0.2) is 0 Å². The minimum atomic E-state index is -0.302. The topological polar surface area (TPSA) is 56.4 Å². The second kappa shape index (κ2) is 6.94. The standard InChI is InChI=1S/C23H29N3O2/c27-21(9-8-18-14-24-20-5-2-1-4-19(18)20)26-13-11-23(16-26)10-3-12-25(22(23)28)15-17-6-7-17/h1-2,4-5,14,17,24H,3,6-13,15-16H2. The molecule has 2 aliphatic heterocycles. The number of hydrogen-bond acceptors (Lipinski definition) is 2. The summed E-state index contributed by atoms with van der Waals surface area (Å²) >= 11 is 0. The average molecular weight is 380 g/mol. The van der Waals surface area contributed by atoms with E-state index in [9.17, 15) is 9.59 Å². The molecule has 1 aliphatic carbocycles. The lowest BCUT2D eigenvalue weighted by molar-refractivity contribution is -0.146. The molecule has 3 fully saturated rings. The van der Waals surface area contributed by atoms with Gasteiger partial charge in [-0.05, 0) is 56.1 Å². The maximum absolute atomic E-state index is 13.2. The Morgan fingerprint density at radius 1 is 1.18 bits per heavy atom. The van der Waals surface area contributed by atoms with Crippen LogP contribution >= 0.6 is 0 Å². The summed E-state index contributed by atoms with van der Waals surface area (Å²) < 4.78 is 0. The van der Waals surface area contributed by atoms with Gasteiger partial charge < -0.3 is 14.8 Å². The fourth-order valence-electron chi connectivity index (χ4n) is 5.14. The zero-order valence-corrected chi connectivity index (χ0v) is 16.5. The van der Waals surface area contributed by atoms with E-state index in [-0.39, 0.29) is 11.3 Å². The summed E-state index contributed by atoms with van der Waals surface area (Å²) in [5.74, 6) is 1.24. The van der Waals surface area contributed by atoms with Crippen molar-refractivity contribution in [3.8, 4) is 0 Å². The van der Waals surface area contributed by atoms with Gasteiger partial charge >= 0.3 is 0 Å². The van der Waals surface area contributed by atoms with Gasteiger partial charge in [-0.25, -0.2) is 0 Å². The van der Waals surface area contributed by atoms with E-state index in [0.29, 0.717) is 18.9 Å². The lowest BCUT2D eigenvalue weighted by Crippen LogP contribution is -2.50. The summed E-state index contributed by atoms with van der Waals surface area (Å²) in [6, 6.07) is 8.22. The quantitative estimate of drug-likeness (QED) is 0.866. The van der Waals surface area contributed by atoms with E-state index in [1.54, 1.807) is 0 Å². The molecule has 5 rings (SSSR count). The van der Waals surface area contributed by atoms with E-state index in [0.717, 1.165) is 56.8 Å². The number of para-hydroxylation sites is 1. The Hall–Kier alpha value is -2.30. The van der Waals surface area contributed by atoms with Crippen LogP contribution in [0.15, 0.2) is 30.5 Å². The van der Waals surface area contributed by atoms with E-state index >= 15 is 0 Å². The number of piperidine rings is 1. The van der Waals surface area contributed by atoms with Gasteiger partial charge in [0, 0.05) is 49.7 Å². The molecule has 3 heterocycles. The number of aromatic nitrogens is 1. The molecule has 28 heavy (non-hydrogen) atoms. The number of carbonyl (C=O) groups excluding carboxylic acids is 2. The SMILES string of the molecule is O=C(CCc1c[nH]c2ccccc12)N1CCC2(CCCN(CC3CC3)C2=O)C1. The molecular formula is C23H29N3O2. The number of aryl methyl sites for hydroxylation is 1. The fraction of sp³-hybridized carbons (Fsp3) is 0.565. The molecule has 148 valence electrons. The molecule has 0 bridgehead atoms. The van der Waals surface area contributed by atoms with Crippen molar-refractivity contribution in [2.75, 3.05) is 26.2 Å². The average Bonchev–Trinajstić information content (AvgIpc) is 3.27. The van der Waals surface area contributed by atoms with Gasteiger partial charge in [-0.15, -0.1) is 0 Å². The van der Waals surface area contributed by atoms with Crippen LogP contribution in [0.3, 0.4) is 0 Å². The highest BCUT2D eigenvalue weighted by Crippen LogP contribution is 2.42. The first kappa shape index (κ1) is 17.8. The largest absolute Gasteiger partial charge is 0.361 e. The molecule has 2 amide bonds. The summed E-state index contributed by atoms with van der Waals surface area (Å²) in [4.78, 5) is 33.4. The molecule has 0 radical (unpaired) electrons. The molecule has 1 N–H and O–H groups in total. The monoisotopic (exact) mass is 379 g/mol. The zero-order chi connectivity index (χ0) is 19.1. The molecule has 1 aromatic heterocycles. The maximum Gasteiger partial charge on any atom is 0.230 e. The van der Waals surface area contributed by atoms with Gasteiger partial charge in [-0.1, -0.05) is 18.2 Å². The van der Waals surface area contributed by atoms with Crippen LogP contribution in [-0.2, 0) is 16.0 Å². The number of fused-ring (bicyclic) bond motifs is 1. The summed E-state index contributed by atoms with van der Waals surface area (Å²) in [5, 5.41) is 1.20. The first-order chi connectivity index (χ1) is 13.6. The fourth-order valence-corrected chi connectivity index (χ4v) is 5.14. The Balaban J connectivity index is 1.21. The number of aromatic amines is 1. The highest BCUT2D eigenvalue weighted by atomic mass is 16.2. The number of likely N-dealkylation sites (tertiary alicyclic amines) is 2. The van der Waals surface area contributed by atoms with Gasteiger partial charge in [-0.2, -0.15) is 0 Å². The number of rotatable bonds is 5. The third-order valence-electron chi connectivity index (χ3n) is 6.99. The summed E-state index contributed by atoms with van der Waals surface area (Å²) in [5.41, 5.74) is 2.01. The molecule has 3 aliphatic rings. The van der Waals surface area contributed by atoms with Crippen LogP contribution in [0, 0.1) is 11.3 Å². The molecule has 5 heteroatoms. The van der Waals surface area contributed by atoms with Crippen molar-refractivity contribution in [1.29, 1.82) is 0 Å². The highest BCUT2D eigenvalue weighted by Gasteiger charge is 2.49. The minimum absolute atomic E-state index is 0.189. The third kappa shape index (κ3) is 3.21. The second-order valence-corrected chi connectivity index (χ2v) is 9.00. The van der Waals surface area contributed by atoms with Gasteiger partial charge in [-0.3, -0.25) is 9.59 Å². The van der Waals surface area contributed by atoms with Crippen LogP contribution < -0.4 is 0 Å². The highest BCUT2D eigenvalue weighted by molar-refractivity contribution is 5.87. The van der Waals surface area contributed by atoms with Crippen LogP contribution in [0.2, 0.25) is 0 Å². The molecular weight excluding hydrogens is 350 g/mol. The van der Waals surface area contributed by atoms with E-state index in [1.807, 2.05) is 23.2 Å². The van der Waals surface area contributed by atoms with Crippen LogP contribution in [0.1, 0.15) is 44.1 Å². The first-order valence-corrected chi connectivity index (χ1v) is 10.8. The predicted octanol–water partition coefficient (Wildman–Crippen LogP) is 3.35. The number of H-pyrrole nitrogens is 1. The summed E-state index contributed by atoms with van der Waals surface area (Å²) in [6.45, 7) is 3.20. The van der Waals surface area contributed by atoms with Crippen molar-refractivity contribution < 1.29 is 9.59 Å². The first-order valence-electron chi connectivity index (χ1n) is 10.8. The molecule has 5 nitrogen and oxygen atoms in total. The molecule has 1 unspecified atom stereocenters. The number of nitrogens with zero attached hydrogens (tertiary/aromatic N) is 2. The van der Waals surface area contributed by atoms with Crippen LogP contribution in [0.25, 0.3) is 10.9 Å². The van der Waals surface area contributed by atoms with Crippen molar-refractivity contribution in [1.82, 2.24) is 14.8 Å². The van der Waals surface area contributed by atoms with Gasteiger partial charge in [0.25, 0.3) is 0 Å².